The Balaban J connectivity index is 1.69. The minimum atomic E-state index is -0.182. The van der Waals surface area contributed by atoms with Crippen molar-refractivity contribution >= 4 is 22.7 Å². The van der Waals surface area contributed by atoms with Crippen molar-refractivity contribution in [1.29, 1.82) is 0 Å². The van der Waals surface area contributed by atoms with Gasteiger partial charge < -0.3 is 14.2 Å². The molecule has 228 valence electrons. The van der Waals surface area contributed by atoms with E-state index in [1.165, 1.54) is 11.3 Å². The zero-order valence-corrected chi connectivity index (χ0v) is 27.1. The molecule has 0 saturated heterocycles. The van der Waals surface area contributed by atoms with Crippen molar-refractivity contribution in [3.05, 3.63) is 68.7 Å². The number of aromatic nitrogens is 3. The second kappa shape index (κ2) is 12.3. The van der Waals surface area contributed by atoms with Gasteiger partial charge in [0.2, 0.25) is 10.6 Å². The van der Waals surface area contributed by atoms with Gasteiger partial charge in [0.1, 0.15) is 0 Å². The average Bonchev–Trinajstić information content (AvgIpc) is 3.49. The first-order chi connectivity index (χ1) is 20.6. The minimum Gasteiger partial charge on any atom is -0.493 e. The number of hydrogen-bond acceptors (Lipinski definition) is 7. The van der Waals surface area contributed by atoms with Gasteiger partial charge in [-0.3, -0.25) is 9.48 Å². The van der Waals surface area contributed by atoms with E-state index >= 15 is 0 Å². The molecule has 4 aromatic rings. The molecule has 0 atom stereocenters. The van der Waals surface area contributed by atoms with Crippen molar-refractivity contribution in [2.75, 3.05) is 21.3 Å². The molecule has 0 spiro atoms. The lowest BCUT2D eigenvalue weighted by Crippen LogP contribution is -2.26. The lowest BCUT2D eigenvalue weighted by Gasteiger charge is -2.34. The Kier molecular flexibility index (Phi) is 8.69. The molecule has 1 saturated carbocycles. The third-order valence-electron chi connectivity index (χ3n) is 8.41. The van der Waals surface area contributed by atoms with Gasteiger partial charge >= 0.3 is 0 Å². The molecule has 1 aliphatic carbocycles. The molecule has 5 rings (SSSR count). The molecule has 1 fully saturated rings. The molecule has 0 amide bonds. The van der Waals surface area contributed by atoms with Crippen LogP contribution in [0.3, 0.4) is 0 Å². The van der Waals surface area contributed by atoms with Crippen LogP contribution in [0.15, 0.2) is 62.7 Å². The van der Waals surface area contributed by atoms with Gasteiger partial charge in [-0.05, 0) is 68.2 Å². The Labute approximate surface area is 256 Å². The molecule has 0 aliphatic heterocycles. The van der Waals surface area contributed by atoms with Gasteiger partial charge in [0.05, 0.1) is 38.4 Å². The fourth-order valence-corrected chi connectivity index (χ4v) is 6.57. The summed E-state index contributed by atoms with van der Waals surface area (Å²) in [4.78, 5) is 19.3. The number of nitrogens with zero attached hydrogens (tertiary/aromatic N) is 5. The van der Waals surface area contributed by atoms with Crippen LogP contribution in [-0.2, 0) is 7.05 Å². The Hall–Kier alpha value is -4.05. The Bertz CT molecular complexity index is 1730. The smallest absolute Gasteiger partial charge is 0.297 e. The van der Waals surface area contributed by atoms with Crippen molar-refractivity contribution in [2.24, 2.45) is 28.5 Å². The number of thiazole rings is 1. The zero-order chi connectivity index (χ0) is 30.9. The van der Waals surface area contributed by atoms with Crippen molar-refractivity contribution in [1.82, 2.24) is 14.0 Å². The first-order valence-electron chi connectivity index (χ1n) is 14.5. The van der Waals surface area contributed by atoms with Gasteiger partial charge in [-0.25, -0.2) is 14.4 Å². The molecule has 2 aromatic carbocycles. The van der Waals surface area contributed by atoms with E-state index in [1.807, 2.05) is 71.2 Å². The number of para-hydroxylation sites is 1. The number of rotatable bonds is 7. The highest BCUT2D eigenvalue weighted by Crippen LogP contribution is 2.42. The third kappa shape index (κ3) is 5.93. The summed E-state index contributed by atoms with van der Waals surface area (Å²) in [5.41, 5.74) is 4.81. The molecule has 9 nitrogen and oxygen atoms in total. The van der Waals surface area contributed by atoms with E-state index in [-0.39, 0.29) is 11.0 Å². The van der Waals surface area contributed by atoms with E-state index < -0.39 is 0 Å². The lowest BCUT2D eigenvalue weighted by atomic mass is 9.72. The van der Waals surface area contributed by atoms with Gasteiger partial charge in [0.15, 0.2) is 17.2 Å². The van der Waals surface area contributed by atoms with E-state index in [9.17, 15) is 4.79 Å². The molecule has 2 aromatic heterocycles. The predicted molar refractivity (Wildman–Crippen MR) is 173 cm³/mol. The highest BCUT2D eigenvalue weighted by atomic mass is 32.1. The van der Waals surface area contributed by atoms with Crippen LogP contribution in [0.5, 0.6) is 17.2 Å². The molecule has 0 N–H and O–H groups in total. The molecule has 0 unspecified atom stereocenters. The summed E-state index contributed by atoms with van der Waals surface area (Å²) < 4.78 is 22.2. The predicted octanol–water partition coefficient (Wildman–Crippen LogP) is 6.71. The average molecular weight is 604 g/mol. The second-order valence-electron chi connectivity index (χ2n) is 12.0. The summed E-state index contributed by atoms with van der Waals surface area (Å²) in [6, 6.07) is 13.4. The van der Waals surface area contributed by atoms with Gasteiger partial charge in [-0.15, -0.1) is 11.3 Å². The van der Waals surface area contributed by atoms with Gasteiger partial charge in [-0.1, -0.05) is 39.0 Å². The number of benzene rings is 2. The van der Waals surface area contributed by atoms with E-state index in [2.05, 4.69) is 20.8 Å². The summed E-state index contributed by atoms with van der Waals surface area (Å²) in [6.07, 6.45) is 4.03. The number of ether oxygens (including phenoxy) is 3. The fraction of sp³-hybridized carbons (Fsp3) is 0.424. The Morgan fingerprint density at radius 2 is 1.58 bits per heavy atom. The van der Waals surface area contributed by atoms with Crippen LogP contribution in [-0.4, -0.2) is 41.1 Å². The first kappa shape index (κ1) is 30.4. The molecule has 10 heteroatoms. The maximum Gasteiger partial charge on any atom is 0.297 e. The summed E-state index contributed by atoms with van der Waals surface area (Å²) in [7, 11) is 6.67. The van der Waals surface area contributed by atoms with Crippen molar-refractivity contribution in [3.8, 4) is 34.2 Å². The molecular formula is C33H41N5O4S. The van der Waals surface area contributed by atoms with Crippen LogP contribution in [0.4, 0.5) is 5.69 Å². The van der Waals surface area contributed by atoms with Crippen molar-refractivity contribution in [2.45, 2.75) is 53.4 Å². The van der Waals surface area contributed by atoms with E-state index in [4.69, 9.17) is 24.3 Å². The Morgan fingerprint density at radius 1 is 0.953 bits per heavy atom. The molecule has 1 aliphatic rings. The summed E-state index contributed by atoms with van der Waals surface area (Å²) >= 11 is 1.44. The normalized spacial score (nSPS) is 16.0. The van der Waals surface area contributed by atoms with Crippen LogP contribution >= 0.6 is 11.3 Å². The molecule has 43 heavy (non-hydrogen) atoms. The van der Waals surface area contributed by atoms with Crippen molar-refractivity contribution in [3.63, 3.8) is 0 Å². The summed E-state index contributed by atoms with van der Waals surface area (Å²) in [6.45, 7) is 8.86. The number of hydrogen-bond donors (Lipinski definition) is 0. The summed E-state index contributed by atoms with van der Waals surface area (Å²) in [5, 5.41) is 7.20. The van der Waals surface area contributed by atoms with E-state index in [0.717, 1.165) is 54.0 Å². The van der Waals surface area contributed by atoms with Crippen molar-refractivity contribution < 1.29 is 14.2 Å². The molecular weight excluding hydrogens is 562 g/mol. The highest BCUT2D eigenvalue weighted by Gasteiger charge is 2.28. The topological polar surface area (TPSA) is 84.3 Å². The van der Waals surface area contributed by atoms with Gasteiger partial charge in [0, 0.05) is 23.7 Å². The quantitative estimate of drug-likeness (QED) is 0.235. The van der Waals surface area contributed by atoms with Crippen LogP contribution in [0.2, 0.25) is 0 Å². The maximum atomic E-state index is 13.7. The van der Waals surface area contributed by atoms with E-state index in [1.54, 1.807) is 26.0 Å². The number of methoxy groups -OCH3 is 3. The molecule has 2 heterocycles. The van der Waals surface area contributed by atoms with Crippen LogP contribution in [0.25, 0.3) is 16.9 Å². The van der Waals surface area contributed by atoms with E-state index in [0.29, 0.717) is 33.7 Å². The SMILES string of the molecule is COc1cc(-c2csc(=Nc3c(C)n(C)n(-c4ccccc4)c3=O)n2N=C2CCC(C(C)(C)C)CC2)cc(OC)c1OC. The zero-order valence-electron chi connectivity index (χ0n) is 26.3. The minimum absolute atomic E-state index is 0.182. The fourth-order valence-electron chi connectivity index (χ4n) is 5.74. The summed E-state index contributed by atoms with van der Waals surface area (Å²) in [5.74, 6) is 2.28. The lowest BCUT2D eigenvalue weighted by molar-refractivity contribution is 0.208. The molecule has 0 radical (unpaired) electrons. The standard InChI is InChI=1S/C33H41N5O4S/c1-21-29(31(39)38(36(21)5)25-12-10-9-11-13-25)34-32-37(35-24-16-14-23(15-17-24)33(2,3)4)26(20-43-32)22-18-27(40-6)30(42-8)28(19-22)41-7/h9-13,18-20,23H,14-17H2,1-8H3. The van der Waals surface area contributed by atoms with Gasteiger partial charge in [0.25, 0.3) is 5.56 Å². The van der Waals surface area contributed by atoms with Crippen LogP contribution < -0.4 is 24.6 Å². The Morgan fingerprint density at radius 3 is 2.14 bits per heavy atom. The second-order valence-corrected chi connectivity index (χ2v) is 12.8. The maximum absolute atomic E-state index is 13.7. The van der Waals surface area contributed by atoms with Crippen LogP contribution in [0, 0.1) is 18.3 Å². The molecule has 0 bridgehead atoms. The first-order valence-corrected chi connectivity index (χ1v) is 15.4. The van der Waals surface area contributed by atoms with Crippen LogP contribution in [0.1, 0.15) is 52.1 Å². The monoisotopic (exact) mass is 603 g/mol. The third-order valence-corrected chi connectivity index (χ3v) is 9.22. The largest absolute Gasteiger partial charge is 0.493 e. The highest BCUT2D eigenvalue weighted by molar-refractivity contribution is 7.07. The van der Waals surface area contributed by atoms with Gasteiger partial charge in [-0.2, -0.15) is 5.10 Å².